The molecule has 0 aliphatic rings. The van der Waals surface area contributed by atoms with Crippen molar-refractivity contribution < 1.29 is 0 Å². The van der Waals surface area contributed by atoms with Crippen LogP contribution in [0.15, 0.2) is 22.4 Å². The Balaban J connectivity index is 2.33. The first-order chi connectivity index (χ1) is 8.19. The molecule has 0 amide bonds. The zero-order valence-corrected chi connectivity index (χ0v) is 11.6. The number of halogens is 1. The third-order valence-electron chi connectivity index (χ3n) is 2.27. The second kappa shape index (κ2) is 5.62. The van der Waals surface area contributed by atoms with Crippen molar-refractivity contribution >= 4 is 39.4 Å². The monoisotopic (exact) mass is 257 g/mol. The third kappa shape index (κ3) is 3.28. The molecule has 1 aromatic heterocycles. The van der Waals surface area contributed by atoms with Crippen LogP contribution in [0.25, 0.3) is 6.08 Å². The van der Waals surface area contributed by atoms with E-state index in [4.69, 9.17) is 11.6 Å². The van der Waals surface area contributed by atoms with Crippen molar-refractivity contribution in [2.24, 2.45) is 0 Å². The standard InChI is InChI=1S/C11H10ClN4.Mg/c1-3-9-4-5-11(12)6-10(9)7-16-14-8(2)13-15-16;/h1,3-6H,7H2,2H3;/q;+1. The fraction of sp³-hybridized carbons (Fsp3) is 0.182. The van der Waals surface area contributed by atoms with Gasteiger partial charge in [0.2, 0.25) is 0 Å². The van der Waals surface area contributed by atoms with Crippen LogP contribution in [-0.2, 0) is 6.54 Å². The number of hydrogen-bond donors (Lipinski definition) is 0. The maximum atomic E-state index is 6.00. The van der Waals surface area contributed by atoms with Gasteiger partial charge in [-0.2, -0.15) is 0 Å². The molecule has 1 heterocycles. The van der Waals surface area contributed by atoms with Crippen molar-refractivity contribution in [1.82, 2.24) is 20.2 Å². The maximum absolute atomic E-state index is 6.00. The summed E-state index contributed by atoms with van der Waals surface area (Å²) in [6.07, 6.45) is 2.05. The van der Waals surface area contributed by atoms with Crippen molar-refractivity contribution in [2.75, 3.05) is 0 Å². The van der Waals surface area contributed by atoms with E-state index in [1.807, 2.05) is 35.4 Å². The van der Waals surface area contributed by atoms with Gasteiger partial charge in [0, 0.05) is 0 Å². The predicted molar refractivity (Wildman–Crippen MR) is 67.9 cm³/mol. The Bertz CT molecular complexity index is 550. The van der Waals surface area contributed by atoms with Gasteiger partial charge < -0.3 is 0 Å². The Hall–Kier alpha value is -0.914. The number of hydrogen-bond acceptors (Lipinski definition) is 3. The van der Waals surface area contributed by atoms with Crippen LogP contribution in [0.2, 0.25) is 5.02 Å². The molecule has 0 aliphatic heterocycles. The molecule has 0 bridgehead atoms. The van der Waals surface area contributed by atoms with Gasteiger partial charge in [-0.25, -0.2) is 0 Å². The fourth-order valence-electron chi connectivity index (χ4n) is 1.54. The van der Waals surface area contributed by atoms with Crippen LogP contribution >= 0.6 is 11.6 Å². The van der Waals surface area contributed by atoms with E-state index < -0.39 is 0 Å². The van der Waals surface area contributed by atoms with E-state index in [9.17, 15) is 0 Å². The number of aryl methyl sites for hydroxylation is 1. The number of aromatic nitrogens is 4. The van der Waals surface area contributed by atoms with Gasteiger partial charge in [-0.1, -0.05) is 0 Å². The summed E-state index contributed by atoms with van der Waals surface area (Å²) >= 11 is 7.79. The van der Waals surface area contributed by atoms with Crippen molar-refractivity contribution in [1.29, 1.82) is 0 Å². The number of nitrogens with zero attached hydrogens (tertiary/aromatic N) is 4. The molecule has 0 atom stereocenters. The van der Waals surface area contributed by atoms with Crippen LogP contribution in [0.3, 0.4) is 0 Å². The molecule has 4 nitrogen and oxygen atoms in total. The summed E-state index contributed by atoms with van der Waals surface area (Å²) in [6.45, 7) is 2.39. The molecule has 0 radical (unpaired) electrons. The first kappa shape index (κ1) is 12.5. The van der Waals surface area contributed by atoms with Gasteiger partial charge in [-0.05, 0) is 0 Å². The SMILES string of the molecule is Cc1nnn(Cc2cc(Cl)ccc2/C=[CH]/[Mg+])n1. The van der Waals surface area contributed by atoms with Crippen LogP contribution in [0, 0.1) is 6.92 Å². The van der Waals surface area contributed by atoms with Crippen molar-refractivity contribution in [3.63, 3.8) is 0 Å². The number of benzene rings is 1. The quantitative estimate of drug-likeness (QED) is 0.788. The molecule has 0 unspecified atom stereocenters. The van der Waals surface area contributed by atoms with Gasteiger partial charge in [0.05, 0.1) is 0 Å². The van der Waals surface area contributed by atoms with E-state index in [1.165, 1.54) is 0 Å². The predicted octanol–water partition coefficient (Wildman–Crippen LogP) is 1.82. The summed E-state index contributed by atoms with van der Waals surface area (Å²) in [4.78, 5) is 1.57. The summed E-state index contributed by atoms with van der Waals surface area (Å²) in [5, 5.41) is 12.7. The van der Waals surface area contributed by atoms with Crippen LogP contribution in [0.1, 0.15) is 17.0 Å². The van der Waals surface area contributed by atoms with Gasteiger partial charge in [0.15, 0.2) is 0 Å². The van der Waals surface area contributed by atoms with E-state index in [2.05, 4.69) is 15.4 Å². The Morgan fingerprint density at radius 3 is 2.94 bits per heavy atom. The molecular weight excluding hydrogens is 248 g/mol. The van der Waals surface area contributed by atoms with E-state index in [-0.39, 0.29) is 0 Å². The second-order valence-electron chi connectivity index (χ2n) is 3.61. The topological polar surface area (TPSA) is 43.6 Å². The summed E-state index contributed by atoms with van der Waals surface area (Å²) in [6, 6.07) is 5.80. The molecule has 0 aliphatic carbocycles. The first-order valence-corrected chi connectivity index (χ1v) is 6.37. The molecule has 2 aromatic rings. The van der Waals surface area contributed by atoms with Gasteiger partial charge in [-0.15, -0.1) is 0 Å². The Morgan fingerprint density at radius 2 is 2.29 bits per heavy atom. The molecule has 82 valence electrons. The summed E-state index contributed by atoms with van der Waals surface area (Å²) in [5.41, 5.74) is 2.21. The zero-order chi connectivity index (χ0) is 12.3. The van der Waals surface area contributed by atoms with Gasteiger partial charge in [-0.3, -0.25) is 0 Å². The molecule has 0 fully saturated rings. The van der Waals surface area contributed by atoms with E-state index in [0.29, 0.717) is 17.4 Å². The average Bonchev–Trinajstić information content (AvgIpc) is 2.68. The minimum absolute atomic E-state index is 0.574. The van der Waals surface area contributed by atoms with Crippen molar-refractivity contribution in [3.8, 4) is 0 Å². The summed E-state index contributed by atoms with van der Waals surface area (Å²) < 4.78 is 2.02. The average molecular weight is 258 g/mol. The second-order valence-corrected chi connectivity index (χ2v) is 4.52. The molecule has 2 rings (SSSR count). The fourth-order valence-corrected chi connectivity index (χ4v) is 1.99. The van der Waals surface area contributed by atoms with Crippen LogP contribution in [0.4, 0.5) is 0 Å². The van der Waals surface area contributed by atoms with Gasteiger partial charge in [0.25, 0.3) is 0 Å². The molecule has 0 spiro atoms. The molecule has 0 saturated heterocycles. The van der Waals surface area contributed by atoms with Crippen molar-refractivity contribution in [3.05, 3.63) is 44.4 Å². The molecule has 6 heteroatoms. The summed E-state index contributed by atoms with van der Waals surface area (Å²) in [7, 11) is 0. The third-order valence-corrected chi connectivity index (χ3v) is 2.74. The van der Waals surface area contributed by atoms with E-state index in [0.717, 1.165) is 11.1 Å². The molecule has 17 heavy (non-hydrogen) atoms. The first-order valence-electron chi connectivity index (χ1n) is 5.17. The van der Waals surface area contributed by atoms with Crippen molar-refractivity contribution in [2.45, 2.75) is 13.5 Å². The van der Waals surface area contributed by atoms with E-state index >= 15 is 0 Å². The van der Waals surface area contributed by atoms with Crippen LogP contribution in [-0.4, -0.2) is 41.9 Å². The molecule has 0 saturated carbocycles. The molecular formula is C11H10ClMgN4+. The zero-order valence-electron chi connectivity index (χ0n) is 9.47. The number of rotatable bonds is 3. The molecule has 1 aromatic carbocycles. The van der Waals surface area contributed by atoms with Crippen LogP contribution in [0.5, 0.6) is 0 Å². The Labute approximate surface area is 117 Å². The van der Waals surface area contributed by atoms with Crippen LogP contribution < -0.4 is 0 Å². The minimum atomic E-state index is 0.574. The van der Waals surface area contributed by atoms with Gasteiger partial charge >= 0.3 is 117 Å². The number of tetrazole rings is 1. The Kier molecular flexibility index (Phi) is 4.14. The van der Waals surface area contributed by atoms with Gasteiger partial charge in [0.1, 0.15) is 0 Å². The summed E-state index contributed by atoms with van der Waals surface area (Å²) in [5.74, 6) is 0.668. The molecule has 0 N–H and O–H groups in total. The normalized spacial score (nSPS) is 11.3. The van der Waals surface area contributed by atoms with E-state index in [1.54, 1.807) is 26.5 Å². The Morgan fingerprint density at radius 1 is 1.47 bits per heavy atom.